The van der Waals surface area contributed by atoms with Gasteiger partial charge in [-0.1, -0.05) is 19.8 Å². The number of hydrogen-bond donors (Lipinski definition) is 2. The molecule has 1 aliphatic carbocycles. The van der Waals surface area contributed by atoms with Crippen molar-refractivity contribution < 1.29 is 9.53 Å². The molecule has 3 unspecified atom stereocenters. The molecule has 0 aromatic rings. The number of nitrogens with two attached hydrogens (primary N) is 1. The lowest BCUT2D eigenvalue weighted by Crippen LogP contribution is -2.64. The van der Waals surface area contributed by atoms with Gasteiger partial charge in [-0.25, -0.2) is 0 Å². The van der Waals surface area contributed by atoms with E-state index in [0.717, 1.165) is 32.5 Å². The van der Waals surface area contributed by atoms with Gasteiger partial charge in [0, 0.05) is 19.1 Å². The first-order chi connectivity index (χ1) is 9.57. The maximum Gasteiger partial charge on any atom is 0.238 e. The number of hydrogen-bond acceptors (Lipinski definition) is 4. The Morgan fingerprint density at radius 1 is 1.45 bits per heavy atom. The molecule has 2 fully saturated rings. The Bertz CT molecular complexity index is 335. The van der Waals surface area contributed by atoms with Crippen LogP contribution in [0.15, 0.2) is 0 Å². The Kier molecular flexibility index (Phi) is 5.41. The monoisotopic (exact) mass is 283 g/mol. The van der Waals surface area contributed by atoms with Crippen LogP contribution in [0.5, 0.6) is 0 Å². The fourth-order valence-electron chi connectivity index (χ4n) is 3.40. The lowest BCUT2D eigenvalue weighted by atomic mass is 9.88. The normalized spacial score (nSPS) is 30.5. The number of ether oxygens (including phenoxy) is 1. The van der Waals surface area contributed by atoms with Crippen LogP contribution in [0, 0.1) is 0 Å². The van der Waals surface area contributed by atoms with E-state index in [1.807, 2.05) is 6.92 Å². The topological polar surface area (TPSA) is 67.6 Å². The van der Waals surface area contributed by atoms with Gasteiger partial charge in [0.2, 0.25) is 5.91 Å². The summed E-state index contributed by atoms with van der Waals surface area (Å²) in [7, 11) is 0. The summed E-state index contributed by atoms with van der Waals surface area (Å²) in [5.41, 5.74) is 4.99. The van der Waals surface area contributed by atoms with Crippen LogP contribution in [-0.4, -0.2) is 54.7 Å². The molecule has 5 heteroatoms. The van der Waals surface area contributed by atoms with Crippen LogP contribution in [0.3, 0.4) is 0 Å². The molecule has 0 aromatic heterocycles. The van der Waals surface area contributed by atoms with Gasteiger partial charge in [0.1, 0.15) is 5.54 Å². The first-order valence-corrected chi connectivity index (χ1v) is 7.97. The van der Waals surface area contributed by atoms with Crippen molar-refractivity contribution in [2.75, 3.05) is 26.2 Å². The quantitative estimate of drug-likeness (QED) is 0.759. The van der Waals surface area contributed by atoms with Crippen molar-refractivity contribution in [2.24, 2.45) is 5.73 Å². The minimum absolute atomic E-state index is 0.259. The van der Waals surface area contributed by atoms with Gasteiger partial charge in [0.25, 0.3) is 0 Å². The van der Waals surface area contributed by atoms with Crippen molar-refractivity contribution in [2.45, 2.75) is 63.6 Å². The molecule has 0 spiro atoms. The summed E-state index contributed by atoms with van der Waals surface area (Å²) < 4.78 is 5.89. The molecule has 3 atom stereocenters. The van der Waals surface area contributed by atoms with E-state index in [1.165, 1.54) is 19.3 Å². The van der Waals surface area contributed by atoms with Crippen molar-refractivity contribution >= 4 is 5.91 Å². The number of morpholine rings is 1. The van der Waals surface area contributed by atoms with Gasteiger partial charge in [0.05, 0.1) is 12.7 Å². The standard InChI is InChI=1S/C15H29N3O2/c1-3-8-17-15(2,14(16)19)11-18-9-10-20-13-7-5-4-6-12(13)18/h12-13,17H,3-11H2,1-2H3,(H2,16,19). The fraction of sp³-hybridized carbons (Fsp3) is 0.933. The molecule has 20 heavy (non-hydrogen) atoms. The van der Waals surface area contributed by atoms with Gasteiger partial charge in [0.15, 0.2) is 0 Å². The highest BCUT2D eigenvalue weighted by Gasteiger charge is 2.39. The van der Waals surface area contributed by atoms with E-state index in [2.05, 4.69) is 17.1 Å². The molecule has 5 nitrogen and oxygen atoms in total. The third-order valence-corrected chi connectivity index (χ3v) is 4.68. The number of fused-ring (bicyclic) bond motifs is 1. The van der Waals surface area contributed by atoms with Crippen LogP contribution in [0.1, 0.15) is 46.0 Å². The molecule has 0 aromatic carbocycles. The molecule has 0 bridgehead atoms. The lowest BCUT2D eigenvalue weighted by molar-refractivity contribution is -0.129. The largest absolute Gasteiger partial charge is 0.375 e. The molecule has 2 rings (SSSR count). The van der Waals surface area contributed by atoms with Crippen LogP contribution < -0.4 is 11.1 Å². The predicted octanol–water partition coefficient (Wildman–Crippen LogP) is 0.873. The smallest absolute Gasteiger partial charge is 0.238 e. The fourth-order valence-corrected chi connectivity index (χ4v) is 3.40. The SMILES string of the molecule is CCCNC(C)(CN1CCOC2CCCCC21)C(N)=O. The summed E-state index contributed by atoms with van der Waals surface area (Å²) in [5, 5.41) is 3.33. The second-order valence-corrected chi connectivity index (χ2v) is 6.35. The van der Waals surface area contributed by atoms with Crippen molar-refractivity contribution in [3.63, 3.8) is 0 Å². The summed E-state index contributed by atoms with van der Waals surface area (Å²) in [6, 6.07) is 0.458. The van der Waals surface area contributed by atoms with Crippen LogP contribution in [0.4, 0.5) is 0 Å². The number of amides is 1. The molecule has 2 aliphatic rings. The number of carbonyl (C=O) groups is 1. The average Bonchev–Trinajstić information content (AvgIpc) is 2.45. The zero-order valence-electron chi connectivity index (χ0n) is 12.9. The summed E-state index contributed by atoms with van der Waals surface area (Å²) >= 11 is 0. The van der Waals surface area contributed by atoms with Crippen LogP contribution in [-0.2, 0) is 9.53 Å². The van der Waals surface area contributed by atoms with Crippen molar-refractivity contribution in [3.05, 3.63) is 0 Å². The maximum atomic E-state index is 11.9. The Balaban J connectivity index is 2.02. The summed E-state index contributed by atoms with van der Waals surface area (Å²) in [6.07, 6.45) is 6.19. The van der Waals surface area contributed by atoms with E-state index >= 15 is 0 Å². The van der Waals surface area contributed by atoms with Crippen LogP contribution in [0.2, 0.25) is 0 Å². The molecule has 1 saturated carbocycles. The van der Waals surface area contributed by atoms with Crippen LogP contribution in [0.25, 0.3) is 0 Å². The van der Waals surface area contributed by atoms with Gasteiger partial charge < -0.3 is 15.8 Å². The summed E-state index contributed by atoms with van der Waals surface area (Å²) in [6.45, 7) is 7.20. The summed E-state index contributed by atoms with van der Waals surface area (Å²) in [5.74, 6) is -0.259. The molecule has 1 aliphatic heterocycles. The molecule has 0 radical (unpaired) electrons. The van der Waals surface area contributed by atoms with Crippen LogP contribution >= 0.6 is 0 Å². The number of nitrogens with zero attached hydrogens (tertiary/aromatic N) is 1. The lowest BCUT2D eigenvalue weighted by Gasteiger charge is -2.46. The molecular weight excluding hydrogens is 254 g/mol. The predicted molar refractivity (Wildman–Crippen MR) is 79.5 cm³/mol. The zero-order valence-corrected chi connectivity index (χ0v) is 12.9. The second-order valence-electron chi connectivity index (χ2n) is 6.35. The van der Waals surface area contributed by atoms with E-state index < -0.39 is 5.54 Å². The molecule has 3 N–H and O–H groups in total. The molecular formula is C15H29N3O2. The number of primary amides is 1. The molecule has 116 valence electrons. The van der Waals surface area contributed by atoms with Crippen molar-refractivity contribution in [3.8, 4) is 0 Å². The van der Waals surface area contributed by atoms with E-state index in [-0.39, 0.29) is 5.91 Å². The van der Waals surface area contributed by atoms with Gasteiger partial charge in [-0.2, -0.15) is 0 Å². The second kappa shape index (κ2) is 6.87. The average molecular weight is 283 g/mol. The molecule has 1 heterocycles. The third kappa shape index (κ3) is 3.51. The van der Waals surface area contributed by atoms with E-state index in [4.69, 9.17) is 10.5 Å². The molecule has 1 amide bonds. The van der Waals surface area contributed by atoms with Gasteiger partial charge in [-0.15, -0.1) is 0 Å². The van der Waals surface area contributed by atoms with E-state index in [0.29, 0.717) is 18.7 Å². The third-order valence-electron chi connectivity index (χ3n) is 4.68. The first kappa shape index (κ1) is 15.7. The van der Waals surface area contributed by atoms with Crippen molar-refractivity contribution in [1.29, 1.82) is 0 Å². The highest BCUT2D eigenvalue weighted by atomic mass is 16.5. The first-order valence-electron chi connectivity index (χ1n) is 7.97. The van der Waals surface area contributed by atoms with Gasteiger partial charge >= 0.3 is 0 Å². The highest BCUT2D eigenvalue weighted by Crippen LogP contribution is 2.29. The Morgan fingerprint density at radius 2 is 2.20 bits per heavy atom. The highest BCUT2D eigenvalue weighted by molar-refractivity contribution is 5.84. The zero-order chi connectivity index (χ0) is 14.6. The molecule has 1 saturated heterocycles. The number of nitrogens with one attached hydrogen (secondary N) is 1. The minimum Gasteiger partial charge on any atom is -0.375 e. The van der Waals surface area contributed by atoms with E-state index in [9.17, 15) is 4.79 Å². The Morgan fingerprint density at radius 3 is 2.90 bits per heavy atom. The van der Waals surface area contributed by atoms with Crippen molar-refractivity contribution in [1.82, 2.24) is 10.2 Å². The summed E-state index contributed by atoms with van der Waals surface area (Å²) in [4.78, 5) is 14.3. The van der Waals surface area contributed by atoms with Gasteiger partial charge in [-0.05, 0) is 32.7 Å². The van der Waals surface area contributed by atoms with Gasteiger partial charge in [-0.3, -0.25) is 9.69 Å². The number of rotatable bonds is 6. The Hall–Kier alpha value is -0.650. The van der Waals surface area contributed by atoms with E-state index in [1.54, 1.807) is 0 Å². The minimum atomic E-state index is -0.644. The maximum absolute atomic E-state index is 11.9. The Labute approximate surface area is 122 Å². The number of carbonyl (C=O) groups excluding carboxylic acids is 1.